The molecule has 1 N–H and O–H groups in total. The van der Waals surface area contributed by atoms with E-state index in [4.69, 9.17) is 10.00 Å². The molecule has 0 bridgehead atoms. The number of aromatic nitrogens is 1. The molecule has 0 atom stereocenters. The summed E-state index contributed by atoms with van der Waals surface area (Å²) in [6, 6.07) is 9.71. The van der Waals surface area contributed by atoms with Gasteiger partial charge in [0.05, 0.1) is 11.6 Å². The average molecular weight is 355 g/mol. The number of nitriles is 1. The average Bonchev–Trinajstić information content (AvgIpc) is 2.65. The van der Waals surface area contributed by atoms with Crippen LogP contribution in [0.1, 0.15) is 24.0 Å². The highest BCUT2D eigenvalue weighted by molar-refractivity contribution is 5.78. The Morgan fingerprint density at radius 3 is 2.73 bits per heavy atom. The van der Waals surface area contributed by atoms with Gasteiger partial charge in [0.25, 0.3) is 0 Å². The van der Waals surface area contributed by atoms with Crippen LogP contribution in [-0.2, 0) is 4.79 Å². The van der Waals surface area contributed by atoms with E-state index in [-0.39, 0.29) is 18.6 Å². The second-order valence-corrected chi connectivity index (χ2v) is 6.34. The molecule has 134 valence electrons. The van der Waals surface area contributed by atoms with Crippen molar-refractivity contribution in [2.24, 2.45) is 0 Å². The molecule has 0 amide bonds. The molecule has 0 saturated carbocycles. The maximum Gasteiger partial charge on any atom is 0.348 e. The van der Waals surface area contributed by atoms with Crippen LogP contribution in [-0.4, -0.2) is 34.8 Å². The first-order chi connectivity index (χ1) is 12.4. The number of aryl methyl sites for hydroxylation is 1. The van der Waals surface area contributed by atoms with Crippen LogP contribution in [0.5, 0.6) is 5.75 Å². The minimum Gasteiger partial charge on any atom is -0.478 e. The molecule has 2 aromatic rings. The number of carboxylic acids is 1. The van der Waals surface area contributed by atoms with E-state index in [9.17, 15) is 14.3 Å². The van der Waals surface area contributed by atoms with E-state index in [2.05, 4.69) is 11.1 Å². The highest BCUT2D eigenvalue weighted by Gasteiger charge is 2.44. The molecule has 0 aliphatic carbocycles. The summed E-state index contributed by atoms with van der Waals surface area (Å²) in [6.45, 7) is 2.54. The van der Waals surface area contributed by atoms with E-state index >= 15 is 0 Å². The molecular formula is C19H18FN3O3. The van der Waals surface area contributed by atoms with Gasteiger partial charge in [-0.05, 0) is 36.8 Å². The number of carbonyl (C=O) groups is 1. The fraction of sp³-hybridized carbons (Fsp3) is 0.316. The zero-order chi connectivity index (χ0) is 18.7. The van der Waals surface area contributed by atoms with Crippen LogP contribution < -0.4 is 9.64 Å². The van der Waals surface area contributed by atoms with Crippen molar-refractivity contribution in [2.75, 3.05) is 18.0 Å². The van der Waals surface area contributed by atoms with Crippen molar-refractivity contribution < 1.29 is 19.0 Å². The summed E-state index contributed by atoms with van der Waals surface area (Å²) in [4.78, 5) is 18.0. The normalized spacial score (nSPS) is 16.0. The summed E-state index contributed by atoms with van der Waals surface area (Å²) in [5, 5.41) is 18.7. The number of rotatable bonds is 4. The summed E-state index contributed by atoms with van der Waals surface area (Å²) in [7, 11) is 0. The first kappa shape index (κ1) is 17.7. The van der Waals surface area contributed by atoms with Crippen molar-refractivity contribution in [2.45, 2.75) is 25.4 Å². The van der Waals surface area contributed by atoms with Crippen LogP contribution in [0.3, 0.4) is 0 Å². The van der Waals surface area contributed by atoms with Gasteiger partial charge >= 0.3 is 5.97 Å². The van der Waals surface area contributed by atoms with Gasteiger partial charge in [0.15, 0.2) is 11.6 Å². The topological polar surface area (TPSA) is 86.5 Å². The molecule has 26 heavy (non-hydrogen) atoms. The van der Waals surface area contributed by atoms with Crippen LogP contribution in [0, 0.1) is 24.1 Å². The summed E-state index contributed by atoms with van der Waals surface area (Å²) >= 11 is 0. The maximum absolute atomic E-state index is 14.0. The summed E-state index contributed by atoms with van der Waals surface area (Å²) in [5.41, 5.74) is -0.210. The number of nitrogens with zero attached hydrogens (tertiary/aromatic N) is 3. The van der Waals surface area contributed by atoms with E-state index < -0.39 is 17.4 Å². The van der Waals surface area contributed by atoms with E-state index in [1.54, 1.807) is 31.3 Å². The van der Waals surface area contributed by atoms with Crippen molar-refractivity contribution in [3.8, 4) is 11.8 Å². The standard InChI is InChI=1S/C19H18FN3O3/c1-13-2-3-15(20)16(10-13)26-19(18(24)25)5-8-23(9-6-19)17-11-14(12-21)4-7-22-17/h2-4,7,10-11H,5-6,8-9H2,1H3,(H,24,25). The Morgan fingerprint density at radius 2 is 2.08 bits per heavy atom. The molecule has 7 heteroatoms. The maximum atomic E-state index is 14.0. The molecule has 2 heterocycles. The first-order valence-corrected chi connectivity index (χ1v) is 8.23. The third-order valence-corrected chi connectivity index (χ3v) is 4.55. The Bertz CT molecular complexity index is 871. The number of benzene rings is 1. The smallest absolute Gasteiger partial charge is 0.348 e. The number of hydrogen-bond donors (Lipinski definition) is 1. The predicted octanol–water partition coefficient (Wildman–Crippen LogP) is 2.90. The van der Waals surface area contributed by atoms with Crippen molar-refractivity contribution in [3.05, 3.63) is 53.5 Å². The highest BCUT2D eigenvalue weighted by atomic mass is 19.1. The van der Waals surface area contributed by atoms with E-state index in [0.29, 0.717) is 24.5 Å². The molecule has 1 aliphatic rings. The Labute approximate surface area is 150 Å². The number of pyridine rings is 1. The Kier molecular flexibility index (Phi) is 4.76. The van der Waals surface area contributed by atoms with Crippen LogP contribution in [0.2, 0.25) is 0 Å². The molecule has 1 fully saturated rings. The zero-order valence-corrected chi connectivity index (χ0v) is 14.3. The molecular weight excluding hydrogens is 337 g/mol. The Balaban J connectivity index is 1.80. The third kappa shape index (κ3) is 3.45. The predicted molar refractivity (Wildman–Crippen MR) is 92.5 cm³/mol. The monoisotopic (exact) mass is 355 g/mol. The van der Waals surface area contributed by atoms with Crippen LogP contribution >= 0.6 is 0 Å². The zero-order valence-electron chi connectivity index (χ0n) is 14.3. The largest absolute Gasteiger partial charge is 0.478 e. The van der Waals surface area contributed by atoms with E-state index in [1.165, 1.54) is 12.1 Å². The number of carboxylic acid groups (broad SMARTS) is 1. The van der Waals surface area contributed by atoms with E-state index in [1.807, 2.05) is 4.90 Å². The Hall–Kier alpha value is -3.14. The quantitative estimate of drug-likeness (QED) is 0.907. The molecule has 3 rings (SSSR count). The second kappa shape index (κ2) is 7.00. The van der Waals surface area contributed by atoms with Crippen LogP contribution in [0.15, 0.2) is 36.5 Å². The minimum absolute atomic E-state index is 0.0505. The molecule has 1 aliphatic heterocycles. The summed E-state index contributed by atoms with van der Waals surface area (Å²) in [6.07, 6.45) is 1.90. The SMILES string of the molecule is Cc1ccc(F)c(OC2(C(=O)O)CCN(c3cc(C#N)ccn3)CC2)c1. The van der Waals surface area contributed by atoms with Gasteiger partial charge in [-0.15, -0.1) is 0 Å². The lowest BCUT2D eigenvalue weighted by Crippen LogP contribution is -2.53. The molecule has 0 spiro atoms. The molecule has 1 aromatic heterocycles. The van der Waals surface area contributed by atoms with Gasteiger partial charge in [-0.3, -0.25) is 0 Å². The number of piperidine rings is 1. The number of halogens is 1. The van der Waals surface area contributed by atoms with Gasteiger partial charge in [0, 0.05) is 32.1 Å². The van der Waals surface area contributed by atoms with Crippen molar-refractivity contribution in [3.63, 3.8) is 0 Å². The van der Waals surface area contributed by atoms with Gasteiger partial charge in [-0.25, -0.2) is 14.2 Å². The fourth-order valence-corrected chi connectivity index (χ4v) is 3.02. The molecule has 0 unspecified atom stereocenters. The van der Waals surface area contributed by atoms with Gasteiger partial charge in [0.1, 0.15) is 5.82 Å². The van der Waals surface area contributed by atoms with Gasteiger partial charge in [-0.1, -0.05) is 6.07 Å². The third-order valence-electron chi connectivity index (χ3n) is 4.55. The first-order valence-electron chi connectivity index (χ1n) is 8.23. The lowest BCUT2D eigenvalue weighted by Gasteiger charge is -2.39. The molecule has 0 radical (unpaired) electrons. The van der Waals surface area contributed by atoms with Crippen LogP contribution in [0.4, 0.5) is 10.2 Å². The van der Waals surface area contributed by atoms with E-state index in [0.717, 1.165) is 5.56 Å². The minimum atomic E-state index is -1.49. The van der Waals surface area contributed by atoms with Crippen molar-refractivity contribution in [1.29, 1.82) is 5.26 Å². The summed E-state index contributed by atoms with van der Waals surface area (Å²) in [5.74, 6) is -1.13. The van der Waals surface area contributed by atoms with Gasteiger partial charge in [0.2, 0.25) is 5.60 Å². The molecule has 1 aromatic carbocycles. The fourth-order valence-electron chi connectivity index (χ4n) is 3.02. The number of hydrogen-bond acceptors (Lipinski definition) is 5. The van der Waals surface area contributed by atoms with Crippen molar-refractivity contribution >= 4 is 11.8 Å². The van der Waals surface area contributed by atoms with Gasteiger partial charge in [-0.2, -0.15) is 5.26 Å². The van der Waals surface area contributed by atoms with Crippen LogP contribution in [0.25, 0.3) is 0 Å². The highest BCUT2D eigenvalue weighted by Crippen LogP contribution is 2.32. The second-order valence-electron chi connectivity index (χ2n) is 6.34. The number of anilines is 1. The molecule has 1 saturated heterocycles. The number of ether oxygens (including phenoxy) is 1. The molecule has 6 nitrogen and oxygen atoms in total. The lowest BCUT2D eigenvalue weighted by atomic mass is 9.91. The summed E-state index contributed by atoms with van der Waals surface area (Å²) < 4.78 is 19.7. The van der Waals surface area contributed by atoms with Gasteiger partial charge < -0.3 is 14.7 Å². The lowest BCUT2D eigenvalue weighted by molar-refractivity contribution is -0.157. The Morgan fingerprint density at radius 1 is 1.35 bits per heavy atom. The van der Waals surface area contributed by atoms with Crippen molar-refractivity contribution in [1.82, 2.24) is 4.98 Å². The number of aliphatic carboxylic acids is 1.